The van der Waals surface area contributed by atoms with Crippen LogP contribution in [0.15, 0.2) is 65.9 Å². The molecule has 0 fully saturated rings. The number of aromatic nitrogens is 3. The Morgan fingerprint density at radius 2 is 1.76 bits per heavy atom. The van der Waals surface area contributed by atoms with Crippen molar-refractivity contribution >= 4 is 39.5 Å². The Bertz CT molecular complexity index is 1490. The van der Waals surface area contributed by atoms with Crippen LogP contribution in [0.5, 0.6) is 0 Å². The van der Waals surface area contributed by atoms with Gasteiger partial charge in [-0.05, 0) is 30.9 Å². The zero-order chi connectivity index (χ0) is 26.1. The number of anilines is 1. The van der Waals surface area contributed by atoms with Crippen molar-refractivity contribution in [2.45, 2.75) is 46.1 Å². The highest BCUT2D eigenvalue weighted by molar-refractivity contribution is 7.17. The van der Waals surface area contributed by atoms with Gasteiger partial charge in [-0.2, -0.15) is 0 Å². The molecule has 1 amide bonds. The molecule has 4 aromatic rings. The van der Waals surface area contributed by atoms with Crippen molar-refractivity contribution in [3.8, 4) is 10.6 Å². The molecular formula is C28H26N4O3S2. The SMILES string of the molecule is CCCc1nnc(N2C(=O)C(O)=C(C(=O)c3sc(-c4ccccc4)nc3C)[C@@H]2c2ccc(CC)cc2)s1. The molecule has 37 heavy (non-hydrogen) atoms. The number of nitrogens with zero attached hydrogens (tertiary/aromatic N) is 4. The minimum atomic E-state index is -0.824. The summed E-state index contributed by atoms with van der Waals surface area (Å²) in [7, 11) is 0. The fraction of sp³-hybridized carbons (Fsp3) is 0.250. The van der Waals surface area contributed by atoms with Crippen LogP contribution in [0.4, 0.5) is 5.13 Å². The Labute approximate surface area is 223 Å². The molecule has 0 aliphatic carbocycles. The molecule has 1 N–H and O–H groups in total. The van der Waals surface area contributed by atoms with Crippen molar-refractivity contribution in [2.24, 2.45) is 0 Å². The third-order valence-electron chi connectivity index (χ3n) is 6.31. The molecule has 0 saturated heterocycles. The monoisotopic (exact) mass is 530 g/mol. The topological polar surface area (TPSA) is 96.3 Å². The molecule has 0 spiro atoms. The van der Waals surface area contributed by atoms with Gasteiger partial charge in [-0.25, -0.2) is 4.98 Å². The van der Waals surface area contributed by atoms with Gasteiger partial charge in [-0.3, -0.25) is 14.5 Å². The Morgan fingerprint density at radius 3 is 2.43 bits per heavy atom. The average molecular weight is 531 g/mol. The zero-order valence-electron chi connectivity index (χ0n) is 20.8. The summed E-state index contributed by atoms with van der Waals surface area (Å²) in [6.45, 7) is 5.88. The van der Waals surface area contributed by atoms with Gasteiger partial charge in [-0.1, -0.05) is 79.8 Å². The molecule has 1 atom stereocenters. The molecule has 1 aliphatic rings. The summed E-state index contributed by atoms with van der Waals surface area (Å²) in [5, 5.41) is 21.4. The molecule has 7 nitrogen and oxygen atoms in total. The van der Waals surface area contributed by atoms with E-state index in [2.05, 4.69) is 22.1 Å². The molecule has 0 saturated carbocycles. The molecule has 1 aliphatic heterocycles. The predicted molar refractivity (Wildman–Crippen MR) is 146 cm³/mol. The van der Waals surface area contributed by atoms with Crippen LogP contribution in [-0.4, -0.2) is 32.0 Å². The van der Waals surface area contributed by atoms with E-state index in [1.165, 1.54) is 27.6 Å². The van der Waals surface area contributed by atoms with Crippen LogP contribution in [0.3, 0.4) is 0 Å². The van der Waals surface area contributed by atoms with Gasteiger partial charge in [0.2, 0.25) is 10.9 Å². The van der Waals surface area contributed by atoms with Crippen LogP contribution in [-0.2, 0) is 17.6 Å². The van der Waals surface area contributed by atoms with Gasteiger partial charge in [0, 0.05) is 12.0 Å². The lowest BCUT2D eigenvalue weighted by Crippen LogP contribution is -2.31. The van der Waals surface area contributed by atoms with Crippen molar-refractivity contribution < 1.29 is 14.7 Å². The van der Waals surface area contributed by atoms with E-state index in [9.17, 15) is 14.7 Å². The van der Waals surface area contributed by atoms with Crippen molar-refractivity contribution in [2.75, 3.05) is 4.90 Å². The van der Waals surface area contributed by atoms with Crippen molar-refractivity contribution in [3.63, 3.8) is 0 Å². The Balaban J connectivity index is 1.60. The Morgan fingerprint density at radius 1 is 1.03 bits per heavy atom. The Kier molecular flexibility index (Phi) is 6.99. The molecule has 9 heteroatoms. The smallest absolute Gasteiger partial charge is 0.296 e. The number of aliphatic hydroxyl groups is 1. The highest BCUT2D eigenvalue weighted by atomic mass is 32.1. The first-order valence-corrected chi connectivity index (χ1v) is 13.8. The highest BCUT2D eigenvalue weighted by Gasteiger charge is 2.46. The van der Waals surface area contributed by atoms with Crippen LogP contribution >= 0.6 is 22.7 Å². The number of ketones is 1. The average Bonchev–Trinajstić information content (AvgIpc) is 3.61. The van der Waals surface area contributed by atoms with Gasteiger partial charge in [-0.15, -0.1) is 21.5 Å². The standard InChI is InChI=1S/C28H26N4O3S2/c1-4-9-20-30-31-28(36-20)32-22(18-14-12-17(5-2)13-15-18)21(24(34)27(32)35)23(33)25-16(3)29-26(37-25)19-10-7-6-8-11-19/h6-8,10-15,22,34H,4-5,9H2,1-3H3/t22-/m0/s1. The van der Waals surface area contributed by atoms with Crippen LogP contribution < -0.4 is 4.90 Å². The van der Waals surface area contributed by atoms with E-state index < -0.39 is 23.5 Å². The number of benzene rings is 2. The summed E-state index contributed by atoms with van der Waals surface area (Å²) in [6, 6.07) is 16.6. The minimum Gasteiger partial charge on any atom is -0.503 e. The maximum Gasteiger partial charge on any atom is 0.296 e. The minimum absolute atomic E-state index is 0.0350. The zero-order valence-corrected chi connectivity index (χ0v) is 22.4. The lowest BCUT2D eigenvalue weighted by atomic mass is 9.94. The normalized spacial score (nSPS) is 15.6. The number of thiazole rings is 1. The largest absolute Gasteiger partial charge is 0.503 e. The summed E-state index contributed by atoms with van der Waals surface area (Å²) >= 11 is 2.57. The number of carbonyl (C=O) groups excluding carboxylic acids is 2. The summed E-state index contributed by atoms with van der Waals surface area (Å²) in [6.07, 6.45) is 2.49. The van der Waals surface area contributed by atoms with E-state index in [1.807, 2.05) is 61.5 Å². The summed E-state index contributed by atoms with van der Waals surface area (Å²) < 4.78 is 0. The second-order valence-electron chi connectivity index (χ2n) is 8.79. The third-order valence-corrected chi connectivity index (χ3v) is 8.49. The maximum absolute atomic E-state index is 14.0. The quantitative estimate of drug-likeness (QED) is 0.270. The van der Waals surface area contributed by atoms with Gasteiger partial charge >= 0.3 is 0 Å². The van der Waals surface area contributed by atoms with E-state index in [0.29, 0.717) is 20.7 Å². The fourth-order valence-electron chi connectivity index (χ4n) is 4.38. The van der Waals surface area contributed by atoms with Crippen molar-refractivity contribution in [3.05, 3.63) is 92.6 Å². The number of hydrogen-bond donors (Lipinski definition) is 1. The van der Waals surface area contributed by atoms with E-state index >= 15 is 0 Å². The van der Waals surface area contributed by atoms with Crippen LogP contribution in [0.25, 0.3) is 10.6 Å². The number of amides is 1. The fourth-order valence-corrected chi connectivity index (χ4v) is 6.37. The molecule has 3 heterocycles. The number of rotatable bonds is 8. The third kappa shape index (κ3) is 4.60. The summed E-state index contributed by atoms with van der Waals surface area (Å²) in [5.74, 6) is -1.62. The lowest BCUT2D eigenvalue weighted by Gasteiger charge is -2.24. The maximum atomic E-state index is 14.0. The Hall–Kier alpha value is -3.69. The summed E-state index contributed by atoms with van der Waals surface area (Å²) in [5.41, 5.74) is 3.35. The number of hydrogen-bond acceptors (Lipinski definition) is 8. The molecule has 2 aromatic heterocycles. The second kappa shape index (κ2) is 10.4. The number of carbonyl (C=O) groups is 2. The first kappa shape index (κ1) is 25.0. The molecule has 0 unspecified atom stereocenters. The van der Waals surface area contributed by atoms with Gasteiger partial charge in [0.15, 0.2) is 5.76 Å². The molecule has 5 rings (SSSR count). The number of aryl methyl sites for hydroxylation is 3. The van der Waals surface area contributed by atoms with Gasteiger partial charge in [0.1, 0.15) is 10.0 Å². The molecule has 2 aromatic carbocycles. The lowest BCUT2D eigenvalue weighted by molar-refractivity contribution is -0.117. The molecule has 188 valence electrons. The van der Waals surface area contributed by atoms with E-state index in [1.54, 1.807) is 6.92 Å². The molecule has 0 bridgehead atoms. The van der Waals surface area contributed by atoms with Crippen molar-refractivity contribution in [1.82, 2.24) is 15.2 Å². The highest BCUT2D eigenvalue weighted by Crippen LogP contribution is 2.44. The first-order valence-electron chi connectivity index (χ1n) is 12.2. The first-order chi connectivity index (χ1) is 17.9. The van der Waals surface area contributed by atoms with E-state index in [-0.39, 0.29) is 5.57 Å². The van der Waals surface area contributed by atoms with Crippen LogP contribution in [0.2, 0.25) is 0 Å². The number of Topliss-reactive ketones (excluding diaryl/α,β-unsaturated/α-hetero) is 1. The van der Waals surface area contributed by atoms with E-state index in [0.717, 1.165) is 41.0 Å². The van der Waals surface area contributed by atoms with Crippen molar-refractivity contribution in [1.29, 1.82) is 0 Å². The van der Waals surface area contributed by atoms with Gasteiger partial charge < -0.3 is 5.11 Å². The van der Waals surface area contributed by atoms with Gasteiger partial charge in [0.25, 0.3) is 5.91 Å². The van der Waals surface area contributed by atoms with Gasteiger partial charge in [0.05, 0.1) is 22.2 Å². The summed E-state index contributed by atoms with van der Waals surface area (Å²) in [4.78, 5) is 33.8. The predicted octanol–water partition coefficient (Wildman–Crippen LogP) is 6.27. The molecule has 0 radical (unpaired) electrons. The second-order valence-corrected chi connectivity index (χ2v) is 10.8. The van der Waals surface area contributed by atoms with Crippen LogP contribution in [0, 0.1) is 6.92 Å². The van der Waals surface area contributed by atoms with E-state index in [4.69, 9.17) is 0 Å². The number of aliphatic hydroxyl groups excluding tert-OH is 1. The molecular weight excluding hydrogens is 504 g/mol. The van der Waals surface area contributed by atoms with Crippen LogP contribution in [0.1, 0.15) is 57.8 Å².